The first-order chi connectivity index (χ1) is 7.72. The van der Waals surface area contributed by atoms with Crippen LogP contribution in [0.2, 0.25) is 0 Å². The number of nitrogens with zero attached hydrogens (tertiary/aromatic N) is 1. The highest BCUT2D eigenvalue weighted by molar-refractivity contribution is 7.99. The number of carboxylic acids is 1. The van der Waals surface area contributed by atoms with E-state index in [0.29, 0.717) is 0 Å². The Bertz CT molecular complexity index is 211. The van der Waals surface area contributed by atoms with Crippen LogP contribution in [0, 0.1) is 0 Å². The topological polar surface area (TPSA) is 40.5 Å². The summed E-state index contributed by atoms with van der Waals surface area (Å²) >= 11 is 2.07. The van der Waals surface area contributed by atoms with Gasteiger partial charge in [0, 0.05) is 18.3 Å². The second-order valence-corrected chi connectivity index (χ2v) is 5.84. The fourth-order valence-corrected chi connectivity index (χ4v) is 3.44. The lowest BCUT2D eigenvalue weighted by atomic mass is 10.1. The minimum absolute atomic E-state index is 0.284. The summed E-state index contributed by atoms with van der Waals surface area (Å²) in [5.74, 6) is 0.578. The number of carboxylic acid groups (broad SMARTS) is 1. The fraction of sp³-hybridized carbons (Fsp3) is 0.917. The molecule has 0 amide bonds. The number of carbonyl (C=O) groups is 1. The van der Waals surface area contributed by atoms with Gasteiger partial charge in [0.05, 0.1) is 6.42 Å². The Morgan fingerprint density at radius 1 is 1.56 bits per heavy atom. The number of likely N-dealkylation sites (tertiary alicyclic amines) is 1. The third-order valence-electron chi connectivity index (χ3n) is 2.96. The van der Waals surface area contributed by atoms with Gasteiger partial charge in [-0.1, -0.05) is 13.3 Å². The molecule has 0 aromatic carbocycles. The van der Waals surface area contributed by atoms with Crippen LogP contribution in [-0.2, 0) is 4.79 Å². The Labute approximate surface area is 103 Å². The average molecular weight is 245 g/mol. The molecule has 1 aliphatic rings. The van der Waals surface area contributed by atoms with Crippen LogP contribution in [-0.4, -0.2) is 46.6 Å². The normalized spacial score (nSPS) is 22.2. The van der Waals surface area contributed by atoms with Crippen LogP contribution in [0.1, 0.15) is 39.0 Å². The molecule has 1 atom stereocenters. The lowest BCUT2D eigenvalue weighted by Gasteiger charge is -2.32. The van der Waals surface area contributed by atoms with Gasteiger partial charge in [0.2, 0.25) is 0 Å². The molecule has 1 fully saturated rings. The molecule has 16 heavy (non-hydrogen) atoms. The van der Waals surface area contributed by atoms with Gasteiger partial charge in [0.25, 0.3) is 0 Å². The van der Waals surface area contributed by atoms with E-state index < -0.39 is 5.97 Å². The Morgan fingerprint density at radius 3 is 3.06 bits per heavy atom. The molecule has 1 N–H and O–H groups in total. The molecule has 1 saturated heterocycles. The van der Waals surface area contributed by atoms with Crippen LogP contribution < -0.4 is 0 Å². The van der Waals surface area contributed by atoms with Gasteiger partial charge in [-0.2, -0.15) is 11.8 Å². The van der Waals surface area contributed by atoms with E-state index in [4.69, 9.17) is 5.11 Å². The molecule has 0 saturated carbocycles. The molecule has 94 valence electrons. The van der Waals surface area contributed by atoms with Crippen molar-refractivity contribution >= 4 is 17.7 Å². The molecule has 1 unspecified atom stereocenters. The first-order valence-electron chi connectivity index (χ1n) is 6.28. The molecule has 0 spiro atoms. The zero-order valence-corrected chi connectivity index (χ0v) is 11.0. The van der Waals surface area contributed by atoms with Crippen molar-refractivity contribution in [3.8, 4) is 0 Å². The summed E-state index contributed by atoms with van der Waals surface area (Å²) < 4.78 is 0. The van der Waals surface area contributed by atoms with Gasteiger partial charge in [-0.3, -0.25) is 4.79 Å². The monoisotopic (exact) mass is 245 g/mol. The third kappa shape index (κ3) is 5.75. The number of hydrogen-bond donors (Lipinski definition) is 1. The van der Waals surface area contributed by atoms with Crippen LogP contribution in [0.3, 0.4) is 0 Å². The summed E-state index contributed by atoms with van der Waals surface area (Å²) in [6.45, 7) is 5.11. The van der Waals surface area contributed by atoms with E-state index in [0.717, 1.165) is 24.9 Å². The van der Waals surface area contributed by atoms with Crippen molar-refractivity contribution in [3.05, 3.63) is 0 Å². The highest BCUT2D eigenvalue weighted by Gasteiger charge is 2.20. The van der Waals surface area contributed by atoms with Crippen molar-refractivity contribution in [1.82, 2.24) is 4.90 Å². The zero-order valence-electron chi connectivity index (χ0n) is 10.2. The fourth-order valence-electron chi connectivity index (χ4n) is 2.00. The second-order valence-electron chi connectivity index (χ2n) is 4.43. The number of thioether (sulfide) groups is 1. The number of hydrogen-bond acceptors (Lipinski definition) is 3. The Hall–Kier alpha value is -0.220. The number of aliphatic carboxylic acids is 1. The lowest BCUT2D eigenvalue weighted by Crippen LogP contribution is -2.38. The summed E-state index contributed by atoms with van der Waals surface area (Å²) in [5.41, 5.74) is 0. The molecule has 1 aliphatic heterocycles. The minimum atomic E-state index is -0.680. The SMILES string of the molecule is CCCCSC1CCCN(CCC(=O)O)C1. The standard InChI is InChI=1S/C12H23NO2S/c1-2-3-9-16-11-5-4-7-13(10-11)8-6-12(14)15/h11H,2-10H2,1H3,(H,14,15). The number of piperidine rings is 1. The maximum Gasteiger partial charge on any atom is 0.304 e. The van der Waals surface area contributed by atoms with Gasteiger partial charge in [0.1, 0.15) is 0 Å². The predicted molar refractivity (Wildman–Crippen MR) is 69.1 cm³/mol. The summed E-state index contributed by atoms with van der Waals surface area (Å²) in [6.07, 6.45) is 5.38. The maximum absolute atomic E-state index is 10.5. The first-order valence-corrected chi connectivity index (χ1v) is 7.33. The van der Waals surface area contributed by atoms with Gasteiger partial charge in [-0.25, -0.2) is 0 Å². The highest BCUT2D eigenvalue weighted by Crippen LogP contribution is 2.23. The summed E-state index contributed by atoms with van der Waals surface area (Å²) in [5, 5.41) is 9.38. The molecule has 0 aromatic heterocycles. The largest absolute Gasteiger partial charge is 0.481 e. The average Bonchev–Trinajstić information content (AvgIpc) is 2.27. The van der Waals surface area contributed by atoms with Crippen LogP contribution in [0.4, 0.5) is 0 Å². The molecule has 0 radical (unpaired) electrons. The van der Waals surface area contributed by atoms with Crippen LogP contribution in [0.5, 0.6) is 0 Å². The Balaban J connectivity index is 2.16. The van der Waals surface area contributed by atoms with E-state index in [1.165, 1.54) is 31.4 Å². The number of rotatable bonds is 7. The van der Waals surface area contributed by atoms with Gasteiger partial charge in [0.15, 0.2) is 0 Å². The quantitative estimate of drug-likeness (QED) is 0.700. The molecule has 0 aliphatic carbocycles. The summed E-state index contributed by atoms with van der Waals surface area (Å²) in [6, 6.07) is 0. The predicted octanol–water partition coefficient (Wildman–Crippen LogP) is 2.46. The van der Waals surface area contributed by atoms with Gasteiger partial charge < -0.3 is 10.0 Å². The van der Waals surface area contributed by atoms with Crippen molar-refractivity contribution in [1.29, 1.82) is 0 Å². The molecule has 3 nitrogen and oxygen atoms in total. The lowest BCUT2D eigenvalue weighted by molar-refractivity contribution is -0.137. The molecular weight excluding hydrogens is 222 g/mol. The van der Waals surface area contributed by atoms with Crippen LogP contribution in [0.15, 0.2) is 0 Å². The summed E-state index contributed by atoms with van der Waals surface area (Å²) in [4.78, 5) is 12.8. The van der Waals surface area contributed by atoms with Crippen LogP contribution >= 0.6 is 11.8 Å². The first kappa shape index (κ1) is 13.8. The van der Waals surface area contributed by atoms with Gasteiger partial charge in [-0.15, -0.1) is 0 Å². The molecule has 0 bridgehead atoms. The smallest absolute Gasteiger partial charge is 0.304 e. The minimum Gasteiger partial charge on any atom is -0.481 e. The number of unbranched alkanes of at least 4 members (excludes halogenated alkanes) is 1. The molecule has 4 heteroatoms. The van der Waals surface area contributed by atoms with Crippen molar-refractivity contribution < 1.29 is 9.90 Å². The van der Waals surface area contributed by atoms with E-state index in [2.05, 4.69) is 23.6 Å². The van der Waals surface area contributed by atoms with E-state index in [9.17, 15) is 4.79 Å². The molecular formula is C12H23NO2S. The third-order valence-corrected chi connectivity index (χ3v) is 4.34. The van der Waals surface area contributed by atoms with Gasteiger partial charge >= 0.3 is 5.97 Å². The summed E-state index contributed by atoms with van der Waals surface area (Å²) in [7, 11) is 0. The highest BCUT2D eigenvalue weighted by atomic mass is 32.2. The Morgan fingerprint density at radius 2 is 2.38 bits per heavy atom. The van der Waals surface area contributed by atoms with E-state index in [1.807, 2.05) is 0 Å². The van der Waals surface area contributed by atoms with E-state index in [1.54, 1.807) is 0 Å². The molecule has 0 aromatic rings. The zero-order chi connectivity index (χ0) is 11.8. The van der Waals surface area contributed by atoms with E-state index >= 15 is 0 Å². The Kier molecular flexibility index (Phi) is 6.88. The van der Waals surface area contributed by atoms with Crippen molar-refractivity contribution in [2.75, 3.05) is 25.4 Å². The second kappa shape index (κ2) is 7.96. The van der Waals surface area contributed by atoms with Crippen molar-refractivity contribution in [3.63, 3.8) is 0 Å². The molecule has 1 heterocycles. The molecule has 1 rings (SSSR count). The van der Waals surface area contributed by atoms with Crippen molar-refractivity contribution in [2.24, 2.45) is 0 Å². The van der Waals surface area contributed by atoms with Gasteiger partial charge in [-0.05, 0) is 31.6 Å². The van der Waals surface area contributed by atoms with Crippen LogP contribution in [0.25, 0.3) is 0 Å². The maximum atomic E-state index is 10.5. The van der Waals surface area contributed by atoms with Crippen molar-refractivity contribution in [2.45, 2.75) is 44.3 Å². The van der Waals surface area contributed by atoms with E-state index in [-0.39, 0.29) is 6.42 Å².